The number of ether oxygens (including phenoxy) is 3. The van der Waals surface area contributed by atoms with Gasteiger partial charge >= 0.3 is 0 Å². The van der Waals surface area contributed by atoms with Gasteiger partial charge in [-0.2, -0.15) is 0 Å². The number of hydrogen-bond donors (Lipinski definition) is 0. The molecule has 8 heteroatoms. The molecule has 0 N–H and O–H groups in total. The Morgan fingerprint density at radius 3 is 2.37 bits per heavy atom. The zero-order valence-corrected chi connectivity index (χ0v) is 23.4. The van der Waals surface area contributed by atoms with E-state index in [1.807, 2.05) is 70.2 Å². The smallest absolute Gasteiger partial charge is 0.293 e. The Bertz CT molecular complexity index is 1370. The summed E-state index contributed by atoms with van der Waals surface area (Å²) in [5.41, 5.74) is 4.89. The van der Waals surface area contributed by atoms with Crippen molar-refractivity contribution in [2.24, 2.45) is 0 Å². The molecule has 38 heavy (non-hydrogen) atoms. The molecule has 3 aromatic rings. The van der Waals surface area contributed by atoms with Gasteiger partial charge in [-0.25, -0.2) is 0 Å². The largest absolute Gasteiger partial charge is 0.491 e. The third kappa shape index (κ3) is 6.71. The third-order valence-electron chi connectivity index (χ3n) is 5.92. The highest BCUT2D eigenvalue weighted by Crippen LogP contribution is 2.39. The first kappa shape index (κ1) is 27.6. The van der Waals surface area contributed by atoms with Crippen molar-refractivity contribution in [3.63, 3.8) is 0 Å². The molecule has 0 radical (unpaired) electrons. The summed E-state index contributed by atoms with van der Waals surface area (Å²) in [6, 6.07) is 17.4. The lowest BCUT2D eigenvalue weighted by atomic mass is 10.1. The number of benzene rings is 3. The van der Waals surface area contributed by atoms with Gasteiger partial charge in [-0.05, 0) is 86.0 Å². The summed E-state index contributed by atoms with van der Waals surface area (Å²) in [6.07, 6.45) is 1.65. The highest BCUT2D eigenvalue weighted by molar-refractivity contribution is 8.18. The van der Waals surface area contributed by atoms with Crippen LogP contribution in [0.25, 0.3) is 6.08 Å². The third-order valence-corrected chi connectivity index (χ3v) is 7.11. The fraction of sp³-hybridized carbons (Fsp3) is 0.267. The first-order valence-corrected chi connectivity index (χ1v) is 13.5. The van der Waals surface area contributed by atoms with Crippen LogP contribution in [0.3, 0.4) is 0 Å². The van der Waals surface area contributed by atoms with E-state index in [0.717, 1.165) is 34.2 Å². The summed E-state index contributed by atoms with van der Waals surface area (Å²) in [5.74, 6) is 1.29. The number of hydrogen-bond acceptors (Lipinski definition) is 6. The molecule has 2 amide bonds. The van der Waals surface area contributed by atoms with Crippen molar-refractivity contribution >= 4 is 40.6 Å². The number of nitrogens with zero attached hydrogens (tertiary/aromatic N) is 1. The minimum Gasteiger partial charge on any atom is -0.491 e. The number of carbonyl (C=O) groups is 2. The minimum atomic E-state index is -0.363. The maximum atomic E-state index is 13.0. The molecule has 3 aromatic carbocycles. The topological polar surface area (TPSA) is 65.1 Å². The highest BCUT2D eigenvalue weighted by Gasteiger charge is 2.35. The van der Waals surface area contributed by atoms with Crippen molar-refractivity contribution in [2.45, 2.75) is 34.3 Å². The second kappa shape index (κ2) is 12.4. The molecule has 0 aromatic heterocycles. The molecule has 1 fully saturated rings. The lowest BCUT2D eigenvalue weighted by molar-refractivity contribution is -0.123. The van der Waals surface area contributed by atoms with E-state index >= 15 is 0 Å². The van der Waals surface area contributed by atoms with Crippen molar-refractivity contribution in [3.05, 3.63) is 92.3 Å². The molecule has 6 nitrogen and oxygen atoms in total. The Kier molecular flexibility index (Phi) is 9.02. The first-order valence-electron chi connectivity index (χ1n) is 12.3. The van der Waals surface area contributed by atoms with Crippen molar-refractivity contribution in [1.29, 1.82) is 0 Å². The minimum absolute atomic E-state index is 0.159. The van der Waals surface area contributed by atoms with Gasteiger partial charge in [0.2, 0.25) is 0 Å². The molecule has 1 saturated heterocycles. The summed E-state index contributed by atoms with van der Waals surface area (Å²) in [5, 5.41) is 0.0236. The van der Waals surface area contributed by atoms with E-state index in [4.69, 9.17) is 25.8 Å². The van der Waals surface area contributed by atoms with Crippen molar-refractivity contribution in [2.75, 3.05) is 19.8 Å². The van der Waals surface area contributed by atoms with E-state index in [1.54, 1.807) is 18.2 Å². The lowest BCUT2D eigenvalue weighted by Crippen LogP contribution is -2.32. The summed E-state index contributed by atoms with van der Waals surface area (Å²) >= 11 is 7.47. The predicted octanol–water partition coefficient (Wildman–Crippen LogP) is 7.36. The number of carbonyl (C=O) groups excluding carboxylic acids is 2. The van der Waals surface area contributed by atoms with Crippen LogP contribution in [-0.2, 0) is 11.4 Å². The van der Waals surface area contributed by atoms with Crippen LogP contribution in [0.15, 0.2) is 59.5 Å². The monoisotopic (exact) mass is 551 g/mol. The summed E-state index contributed by atoms with van der Waals surface area (Å²) in [7, 11) is 0. The normalized spacial score (nSPS) is 14.3. The van der Waals surface area contributed by atoms with Gasteiger partial charge in [-0.3, -0.25) is 14.5 Å². The Morgan fingerprint density at radius 1 is 0.895 bits per heavy atom. The number of aryl methyl sites for hydroxylation is 3. The standard InChI is InChI=1S/C30H30ClNO5S/c1-5-35-26-16-23(15-24(31)28(26)37-18-22-10-7-19(2)8-11-22)17-27-29(33)32(30(34)38-27)12-13-36-25-14-20(3)6-9-21(25)4/h6-11,14-17H,5,12-13,18H2,1-4H3/b27-17-. The molecular formula is C30H30ClNO5S. The SMILES string of the molecule is CCOc1cc(/C=C2\SC(=O)N(CCOc3cc(C)ccc3C)C2=O)cc(Cl)c1OCc1ccc(C)cc1. The first-order chi connectivity index (χ1) is 18.2. The Balaban J connectivity index is 1.46. The molecule has 0 bridgehead atoms. The van der Waals surface area contributed by atoms with Gasteiger partial charge in [0.05, 0.1) is 23.1 Å². The second-order valence-electron chi connectivity index (χ2n) is 8.99. The number of rotatable bonds is 10. The van der Waals surface area contributed by atoms with Crippen LogP contribution in [0.2, 0.25) is 5.02 Å². The molecule has 198 valence electrons. The summed E-state index contributed by atoms with van der Waals surface area (Å²) < 4.78 is 17.6. The average molecular weight is 552 g/mol. The van der Waals surface area contributed by atoms with Crippen LogP contribution in [0.4, 0.5) is 4.79 Å². The van der Waals surface area contributed by atoms with E-state index in [0.29, 0.717) is 40.2 Å². The Morgan fingerprint density at radius 2 is 1.63 bits per heavy atom. The fourth-order valence-corrected chi connectivity index (χ4v) is 5.01. The quantitative estimate of drug-likeness (QED) is 0.245. The molecule has 0 aliphatic carbocycles. The van der Waals surface area contributed by atoms with Gasteiger partial charge in [-0.15, -0.1) is 0 Å². The Labute approximate surface area is 232 Å². The van der Waals surface area contributed by atoms with E-state index in [-0.39, 0.29) is 24.3 Å². The van der Waals surface area contributed by atoms with Crippen LogP contribution >= 0.6 is 23.4 Å². The van der Waals surface area contributed by atoms with Crippen LogP contribution in [0.5, 0.6) is 17.2 Å². The van der Waals surface area contributed by atoms with Gasteiger partial charge in [0.15, 0.2) is 11.5 Å². The van der Waals surface area contributed by atoms with Crippen LogP contribution < -0.4 is 14.2 Å². The number of amides is 2. The molecule has 0 atom stereocenters. The van der Waals surface area contributed by atoms with Gasteiger partial charge in [0.1, 0.15) is 19.0 Å². The van der Waals surface area contributed by atoms with E-state index in [1.165, 1.54) is 10.5 Å². The van der Waals surface area contributed by atoms with Gasteiger partial charge in [0.25, 0.3) is 11.1 Å². The number of imide groups is 1. The van der Waals surface area contributed by atoms with Crippen LogP contribution in [0.1, 0.15) is 34.7 Å². The number of halogens is 1. The molecule has 4 rings (SSSR count). The van der Waals surface area contributed by atoms with Crippen LogP contribution in [0, 0.1) is 20.8 Å². The van der Waals surface area contributed by atoms with Crippen LogP contribution in [-0.4, -0.2) is 35.8 Å². The second-order valence-corrected chi connectivity index (χ2v) is 10.4. The highest BCUT2D eigenvalue weighted by atomic mass is 35.5. The van der Waals surface area contributed by atoms with Crippen molar-refractivity contribution in [3.8, 4) is 17.2 Å². The summed E-state index contributed by atoms with van der Waals surface area (Å²) in [4.78, 5) is 27.1. The molecule has 0 spiro atoms. The molecular weight excluding hydrogens is 522 g/mol. The van der Waals surface area contributed by atoms with Gasteiger partial charge in [-0.1, -0.05) is 53.6 Å². The number of thioether (sulfide) groups is 1. The molecule has 1 aliphatic rings. The molecule has 0 unspecified atom stereocenters. The summed E-state index contributed by atoms with van der Waals surface area (Å²) in [6.45, 7) is 8.96. The maximum absolute atomic E-state index is 13.0. The van der Waals surface area contributed by atoms with E-state index < -0.39 is 0 Å². The zero-order chi connectivity index (χ0) is 27.2. The van der Waals surface area contributed by atoms with Crippen molar-refractivity contribution in [1.82, 2.24) is 4.90 Å². The lowest BCUT2D eigenvalue weighted by Gasteiger charge is -2.15. The molecule has 1 aliphatic heterocycles. The zero-order valence-electron chi connectivity index (χ0n) is 21.9. The maximum Gasteiger partial charge on any atom is 0.293 e. The van der Waals surface area contributed by atoms with Crippen molar-refractivity contribution < 1.29 is 23.8 Å². The fourth-order valence-electron chi connectivity index (χ4n) is 3.87. The molecule has 1 heterocycles. The predicted molar refractivity (Wildman–Crippen MR) is 152 cm³/mol. The van der Waals surface area contributed by atoms with Gasteiger partial charge in [0, 0.05) is 0 Å². The van der Waals surface area contributed by atoms with E-state index in [9.17, 15) is 9.59 Å². The average Bonchev–Trinajstić information content (AvgIpc) is 3.14. The van der Waals surface area contributed by atoms with Gasteiger partial charge < -0.3 is 14.2 Å². The van der Waals surface area contributed by atoms with E-state index in [2.05, 4.69) is 0 Å². The Hall–Kier alpha value is -3.42. The molecule has 0 saturated carbocycles.